The Labute approximate surface area is 136 Å². The van der Waals surface area contributed by atoms with Crippen LogP contribution in [0.3, 0.4) is 0 Å². The maximum Gasteiger partial charge on any atom is 0.289 e. The Morgan fingerprint density at radius 1 is 1.29 bits per heavy atom. The van der Waals surface area contributed by atoms with Gasteiger partial charge in [-0.1, -0.05) is 27.7 Å². The Morgan fingerprint density at radius 2 is 1.90 bits per heavy atom. The third-order valence-electron chi connectivity index (χ3n) is 3.54. The number of rotatable bonds is 8. The van der Waals surface area contributed by atoms with Crippen LogP contribution in [-0.2, 0) is 0 Å². The first-order chi connectivity index (χ1) is 9.88. The van der Waals surface area contributed by atoms with Crippen molar-refractivity contribution in [2.24, 2.45) is 5.92 Å². The molecule has 0 spiro atoms. The van der Waals surface area contributed by atoms with Crippen molar-refractivity contribution in [1.29, 1.82) is 0 Å². The van der Waals surface area contributed by atoms with Crippen LogP contribution in [-0.4, -0.2) is 48.4 Å². The van der Waals surface area contributed by atoms with E-state index in [1.165, 1.54) is 0 Å². The molecule has 4 nitrogen and oxygen atoms in total. The quantitative estimate of drug-likeness (QED) is 0.709. The zero-order valence-corrected chi connectivity index (χ0v) is 15.4. The third kappa shape index (κ3) is 5.47. The van der Waals surface area contributed by atoms with Gasteiger partial charge in [-0.05, 0) is 47.9 Å². The SMILES string of the molecule is CCN(CC)CCN(CC(C)C)C(=O)c1oc(Br)cc1C. The molecule has 120 valence electrons. The van der Waals surface area contributed by atoms with E-state index in [1.54, 1.807) is 0 Å². The normalized spacial score (nSPS) is 11.4. The van der Waals surface area contributed by atoms with E-state index >= 15 is 0 Å². The van der Waals surface area contributed by atoms with Crippen LogP contribution in [0.15, 0.2) is 15.2 Å². The lowest BCUT2D eigenvalue weighted by atomic mass is 10.2. The van der Waals surface area contributed by atoms with Crippen LogP contribution in [0.5, 0.6) is 0 Å². The molecule has 0 aromatic carbocycles. The summed E-state index contributed by atoms with van der Waals surface area (Å²) in [5.41, 5.74) is 0.878. The van der Waals surface area contributed by atoms with Crippen molar-refractivity contribution in [1.82, 2.24) is 9.80 Å². The monoisotopic (exact) mass is 358 g/mol. The largest absolute Gasteiger partial charge is 0.444 e. The van der Waals surface area contributed by atoms with E-state index < -0.39 is 0 Å². The summed E-state index contributed by atoms with van der Waals surface area (Å²) in [6.07, 6.45) is 0. The van der Waals surface area contributed by atoms with Gasteiger partial charge in [0.15, 0.2) is 10.4 Å². The number of likely N-dealkylation sites (N-methyl/N-ethyl adjacent to an activating group) is 1. The highest BCUT2D eigenvalue weighted by molar-refractivity contribution is 9.10. The summed E-state index contributed by atoms with van der Waals surface area (Å²) in [5, 5.41) is 0. The van der Waals surface area contributed by atoms with Crippen molar-refractivity contribution < 1.29 is 9.21 Å². The van der Waals surface area contributed by atoms with Crippen LogP contribution in [0.25, 0.3) is 0 Å². The summed E-state index contributed by atoms with van der Waals surface area (Å²) < 4.78 is 6.12. The van der Waals surface area contributed by atoms with Gasteiger partial charge in [-0.3, -0.25) is 4.79 Å². The lowest BCUT2D eigenvalue weighted by molar-refractivity contribution is 0.0682. The molecule has 0 radical (unpaired) electrons. The van der Waals surface area contributed by atoms with Crippen molar-refractivity contribution >= 4 is 21.8 Å². The van der Waals surface area contributed by atoms with E-state index in [-0.39, 0.29) is 5.91 Å². The standard InChI is InChI=1S/C16H27BrN2O2/c1-6-18(7-2)8-9-19(11-12(3)4)16(20)15-13(5)10-14(17)21-15/h10,12H,6-9,11H2,1-5H3. The fourth-order valence-electron chi connectivity index (χ4n) is 2.32. The Balaban J connectivity index is 2.81. The molecule has 1 heterocycles. The first-order valence-electron chi connectivity index (χ1n) is 7.66. The predicted molar refractivity (Wildman–Crippen MR) is 89.7 cm³/mol. The van der Waals surface area contributed by atoms with Gasteiger partial charge in [-0.15, -0.1) is 0 Å². The van der Waals surface area contributed by atoms with Gasteiger partial charge in [0, 0.05) is 25.2 Å². The summed E-state index contributed by atoms with van der Waals surface area (Å²) in [5.74, 6) is 0.866. The smallest absolute Gasteiger partial charge is 0.289 e. The summed E-state index contributed by atoms with van der Waals surface area (Å²) in [4.78, 5) is 16.9. The summed E-state index contributed by atoms with van der Waals surface area (Å²) in [6, 6.07) is 1.84. The molecule has 1 rings (SSSR count). The molecule has 5 heteroatoms. The Bertz CT molecular complexity index is 453. The van der Waals surface area contributed by atoms with Crippen LogP contribution in [0.2, 0.25) is 0 Å². The molecule has 0 aliphatic rings. The topological polar surface area (TPSA) is 36.7 Å². The summed E-state index contributed by atoms with van der Waals surface area (Å²) in [6.45, 7) is 14.8. The number of furan rings is 1. The number of hydrogen-bond donors (Lipinski definition) is 0. The van der Waals surface area contributed by atoms with E-state index in [0.717, 1.165) is 38.3 Å². The number of aryl methyl sites for hydroxylation is 1. The van der Waals surface area contributed by atoms with Crippen molar-refractivity contribution in [3.05, 3.63) is 22.1 Å². The van der Waals surface area contributed by atoms with Crippen LogP contribution in [0.1, 0.15) is 43.8 Å². The fourth-order valence-corrected chi connectivity index (χ4v) is 2.82. The van der Waals surface area contributed by atoms with Gasteiger partial charge in [-0.25, -0.2) is 0 Å². The second-order valence-electron chi connectivity index (χ2n) is 5.73. The van der Waals surface area contributed by atoms with E-state index in [0.29, 0.717) is 16.3 Å². The van der Waals surface area contributed by atoms with Crippen LogP contribution in [0.4, 0.5) is 0 Å². The van der Waals surface area contributed by atoms with Gasteiger partial charge < -0.3 is 14.2 Å². The van der Waals surface area contributed by atoms with E-state index in [1.807, 2.05) is 17.9 Å². The lowest BCUT2D eigenvalue weighted by Gasteiger charge is -2.27. The van der Waals surface area contributed by atoms with Gasteiger partial charge in [0.05, 0.1) is 0 Å². The Kier molecular flexibility index (Phi) is 7.46. The molecule has 0 fully saturated rings. The summed E-state index contributed by atoms with van der Waals surface area (Å²) in [7, 11) is 0. The molecule has 1 aromatic rings. The van der Waals surface area contributed by atoms with E-state index in [2.05, 4.69) is 48.5 Å². The lowest BCUT2D eigenvalue weighted by Crippen LogP contribution is -2.40. The molecule has 0 saturated carbocycles. The van der Waals surface area contributed by atoms with Gasteiger partial charge >= 0.3 is 0 Å². The minimum atomic E-state index is -0.0148. The van der Waals surface area contributed by atoms with E-state index in [9.17, 15) is 4.79 Å². The van der Waals surface area contributed by atoms with Crippen LogP contribution >= 0.6 is 15.9 Å². The number of nitrogens with zero attached hydrogens (tertiary/aromatic N) is 2. The van der Waals surface area contributed by atoms with Crippen LogP contribution < -0.4 is 0 Å². The molecule has 0 saturated heterocycles. The number of halogens is 1. The minimum Gasteiger partial charge on any atom is -0.444 e. The molecule has 0 aliphatic carbocycles. The molecule has 0 unspecified atom stereocenters. The molecule has 0 aliphatic heterocycles. The highest BCUT2D eigenvalue weighted by atomic mass is 79.9. The first-order valence-corrected chi connectivity index (χ1v) is 8.45. The third-order valence-corrected chi connectivity index (χ3v) is 3.93. The van der Waals surface area contributed by atoms with Crippen molar-refractivity contribution in [2.45, 2.75) is 34.6 Å². The maximum absolute atomic E-state index is 12.7. The molecule has 0 atom stereocenters. The fraction of sp³-hybridized carbons (Fsp3) is 0.688. The van der Waals surface area contributed by atoms with E-state index in [4.69, 9.17) is 4.42 Å². The second kappa shape index (κ2) is 8.59. The van der Waals surface area contributed by atoms with Gasteiger partial charge in [-0.2, -0.15) is 0 Å². The number of carbonyl (C=O) groups is 1. The summed E-state index contributed by atoms with van der Waals surface area (Å²) >= 11 is 3.29. The minimum absolute atomic E-state index is 0.0148. The average molecular weight is 359 g/mol. The molecule has 1 amide bonds. The average Bonchev–Trinajstić information content (AvgIpc) is 2.76. The zero-order valence-electron chi connectivity index (χ0n) is 13.8. The number of hydrogen-bond acceptors (Lipinski definition) is 3. The molecule has 21 heavy (non-hydrogen) atoms. The highest BCUT2D eigenvalue weighted by Crippen LogP contribution is 2.21. The van der Waals surface area contributed by atoms with Crippen molar-refractivity contribution in [3.8, 4) is 0 Å². The number of carbonyl (C=O) groups excluding carboxylic acids is 1. The van der Waals surface area contributed by atoms with Gasteiger partial charge in [0.2, 0.25) is 0 Å². The molecular weight excluding hydrogens is 332 g/mol. The predicted octanol–water partition coefficient (Wildman–Crippen LogP) is 3.79. The molecule has 1 aromatic heterocycles. The molecule has 0 N–H and O–H groups in total. The zero-order chi connectivity index (χ0) is 16.0. The molecular formula is C16H27BrN2O2. The molecule has 0 bridgehead atoms. The number of amides is 1. The van der Waals surface area contributed by atoms with Crippen LogP contribution in [0, 0.1) is 12.8 Å². The van der Waals surface area contributed by atoms with Crippen molar-refractivity contribution in [2.75, 3.05) is 32.7 Å². The van der Waals surface area contributed by atoms with Crippen molar-refractivity contribution in [3.63, 3.8) is 0 Å². The maximum atomic E-state index is 12.7. The van der Waals surface area contributed by atoms with Gasteiger partial charge in [0.1, 0.15) is 0 Å². The first kappa shape index (κ1) is 18.2. The second-order valence-corrected chi connectivity index (χ2v) is 6.52. The Morgan fingerprint density at radius 3 is 2.33 bits per heavy atom. The highest BCUT2D eigenvalue weighted by Gasteiger charge is 2.22. The van der Waals surface area contributed by atoms with Gasteiger partial charge in [0.25, 0.3) is 5.91 Å². The Hall–Kier alpha value is -0.810.